The molecular weight excluding hydrogens is 405 g/mol. The average molecular weight is 441 g/mol. The van der Waals surface area contributed by atoms with E-state index < -0.39 is 24.7 Å². The van der Waals surface area contributed by atoms with Crippen molar-refractivity contribution in [3.63, 3.8) is 0 Å². The van der Waals surface area contributed by atoms with Gasteiger partial charge in [0.05, 0.1) is 8.07 Å². The molecule has 2 aromatic rings. The van der Waals surface area contributed by atoms with Crippen LogP contribution >= 0.6 is 0 Å². The Morgan fingerprint density at radius 1 is 0.621 bits per heavy atom. The number of rotatable bonds is 10. The predicted molar refractivity (Wildman–Crippen MR) is 134 cm³/mol. The molecule has 0 fully saturated rings. The Morgan fingerprint density at radius 3 is 1.41 bits per heavy atom. The third-order valence-corrected chi connectivity index (χ3v) is 13.2. The first-order valence-electron chi connectivity index (χ1n) is 10.5. The Labute approximate surface area is 180 Å². The fourth-order valence-corrected chi connectivity index (χ4v) is 12.8. The van der Waals surface area contributed by atoms with E-state index in [9.17, 15) is 0 Å². The van der Waals surface area contributed by atoms with Crippen LogP contribution in [0.3, 0.4) is 0 Å². The third kappa shape index (κ3) is 6.76. The lowest BCUT2D eigenvalue weighted by Gasteiger charge is -2.30. The Hall–Kier alpha value is -1.51. The SMILES string of the molecule is CCO[Si](C)(C=C[Si](C=C[Si](C)(C)C)(c1ccccc1)c1ccccc1)OCC. The van der Waals surface area contributed by atoms with Crippen LogP contribution in [0.4, 0.5) is 0 Å². The third-order valence-electron chi connectivity index (χ3n) is 4.86. The molecule has 0 atom stereocenters. The van der Waals surface area contributed by atoms with Gasteiger partial charge in [-0.3, -0.25) is 0 Å². The van der Waals surface area contributed by atoms with Gasteiger partial charge < -0.3 is 8.85 Å². The molecule has 2 rings (SSSR count). The van der Waals surface area contributed by atoms with Crippen molar-refractivity contribution < 1.29 is 8.85 Å². The van der Waals surface area contributed by atoms with Crippen LogP contribution in [0.1, 0.15) is 13.8 Å². The molecule has 0 aliphatic carbocycles. The maximum absolute atomic E-state index is 6.12. The highest BCUT2D eigenvalue weighted by Gasteiger charge is 2.35. The highest BCUT2D eigenvalue weighted by atomic mass is 28.4. The highest BCUT2D eigenvalue weighted by molar-refractivity contribution is 7.10. The van der Waals surface area contributed by atoms with Crippen LogP contribution < -0.4 is 10.4 Å². The first-order chi connectivity index (χ1) is 13.7. The molecule has 0 unspecified atom stereocenters. The van der Waals surface area contributed by atoms with Gasteiger partial charge in [0.1, 0.15) is 0 Å². The number of benzene rings is 2. The minimum Gasteiger partial charge on any atom is -0.392 e. The summed E-state index contributed by atoms with van der Waals surface area (Å²) < 4.78 is 12.2. The van der Waals surface area contributed by atoms with E-state index in [4.69, 9.17) is 8.85 Å². The fourth-order valence-electron chi connectivity index (χ4n) is 3.41. The molecule has 0 aliphatic heterocycles. The lowest BCUT2D eigenvalue weighted by atomic mass is 10.4. The standard InChI is InChI=1S/C24H36O2Si3/c1-7-25-28(6,26-8-2)20-22-29(21-19-27(3,4)5,23-15-11-9-12-16-23)24-17-13-10-14-18-24/h9-22H,7-8H2,1-6H3. The molecule has 2 nitrogen and oxygen atoms in total. The lowest BCUT2D eigenvalue weighted by molar-refractivity contribution is 0.201. The van der Waals surface area contributed by atoms with E-state index in [0.717, 1.165) is 0 Å². The monoisotopic (exact) mass is 440 g/mol. The first kappa shape index (κ1) is 23.8. The van der Waals surface area contributed by atoms with Crippen molar-refractivity contribution in [2.45, 2.75) is 40.0 Å². The van der Waals surface area contributed by atoms with Gasteiger partial charge in [-0.05, 0) is 36.5 Å². The van der Waals surface area contributed by atoms with Gasteiger partial charge in [0.25, 0.3) is 0 Å². The van der Waals surface area contributed by atoms with Crippen molar-refractivity contribution in [1.29, 1.82) is 0 Å². The summed E-state index contributed by atoms with van der Waals surface area (Å²) in [6, 6.07) is 21.9. The van der Waals surface area contributed by atoms with Crippen LogP contribution in [0.2, 0.25) is 26.2 Å². The zero-order chi connectivity index (χ0) is 21.4. The van der Waals surface area contributed by atoms with Gasteiger partial charge >= 0.3 is 8.56 Å². The van der Waals surface area contributed by atoms with Crippen molar-refractivity contribution in [3.05, 3.63) is 83.5 Å². The molecule has 0 radical (unpaired) electrons. The summed E-state index contributed by atoms with van der Waals surface area (Å²) in [5.74, 6) is 0. The summed E-state index contributed by atoms with van der Waals surface area (Å²) in [4.78, 5) is 0. The summed E-state index contributed by atoms with van der Waals surface area (Å²) in [7, 11) is -6.01. The molecule has 0 N–H and O–H groups in total. The average Bonchev–Trinajstić information content (AvgIpc) is 2.69. The van der Waals surface area contributed by atoms with E-state index in [1.807, 2.05) is 13.8 Å². The smallest absolute Gasteiger partial charge is 0.361 e. The van der Waals surface area contributed by atoms with Gasteiger partial charge in [-0.1, -0.05) is 91.7 Å². The van der Waals surface area contributed by atoms with E-state index in [-0.39, 0.29) is 0 Å². The first-order valence-corrected chi connectivity index (χ1v) is 18.7. The molecule has 0 bridgehead atoms. The van der Waals surface area contributed by atoms with E-state index >= 15 is 0 Å². The normalized spacial score (nSPS) is 13.4. The van der Waals surface area contributed by atoms with Crippen LogP contribution in [-0.2, 0) is 8.85 Å². The summed E-state index contributed by atoms with van der Waals surface area (Å²) >= 11 is 0. The zero-order valence-corrected chi connectivity index (χ0v) is 21.8. The molecule has 156 valence electrons. The Bertz CT molecular complexity index is 750. The van der Waals surface area contributed by atoms with Crippen molar-refractivity contribution >= 4 is 35.1 Å². The Balaban J connectivity index is 2.71. The predicted octanol–water partition coefficient (Wildman–Crippen LogP) is 5.00. The summed E-state index contributed by atoms with van der Waals surface area (Å²) in [6.45, 7) is 14.7. The molecule has 29 heavy (non-hydrogen) atoms. The molecule has 0 heterocycles. The second kappa shape index (κ2) is 10.5. The van der Waals surface area contributed by atoms with Gasteiger partial charge in [-0.2, -0.15) is 0 Å². The van der Waals surface area contributed by atoms with Crippen molar-refractivity contribution in [3.8, 4) is 0 Å². The summed E-state index contributed by atoms with van der Waals surface area (Å²) in [5, 5.41) is 2.78. The van der Waals surface area contributed by atoms with Crippen LogP contribution in [0.25, 0.3) is 0 Å². The van der Waals surface area contributed by atoms with Gasteiger partial charge in [-0.25, -0.2) is 0 Å². The van der Waals surface area contributed by atoms with E-state index in [0.29, 0.717) is 13.2 Å². The molecule has 0 amide bonds. The molecule has 0 saturated heterocycles. The maximum atomic E-state index is 6.12. The van der Waals surface area contributed by atoms with Gasteiger partial charge in [0.15, 0.2) is 8.07 Å². The highest BCUT2D eigenvalue weighted by Crippen LogP contribution is 2.17. The van der Waals surface area contributed by atoms with Gasteiger partial charge in [0, 0.05) is 13.2 Å². The fraction of sp³-hybridized carbons (Fsp3) is 0.333. The second-order valence-electron chi connectivity index (χ2n) is 8.52. The maximum Gasteiger partial charge on any atom is 0.361 e. The molecule has 0 aromatic heterocycles. The lowest BCUT2D eigenvalue weighted by Crippen LogP contribution is -2.56. The van der Waals surface area contributed by atoms with E-state index in [1.165, 1.54) is 10.4 Å². The minimum absolute atomic E-state index is 0.670. The topological polar surface area (TPSA) is 18.5 Å². The van der Waals surface area contributed by atoms with Crippen LogP contribution in [0, 0.1) is 0 Å². The van der Waals surface area contributed by atoms with Gasteiger partial charge in [0.2, 0.25) is 0 Å². The molecule has 0 saturated carbocycles. The molecule has 0 aliphatic rings. The summed E-state index contributed by atoms with van der Waals surface area (Å²) in [6.07, 6.45) is 0. The second-order valence-corrected chi connectivity index (χ2v) is 20.1. The van der Waals surface area contributed by atoms with Gasteiger partial charge in [-0.15, -0.1) is 5.70 Å². The molecule has 5 heteroatoms. The summed E-state index contributed by atoms with van der Waals surface area (Å²) in [5.41, 5.74) is 9.77. The van der Waals surface area contributed by atoms with Crippen LogP contribution in [0.15, 0.2) is 83.5 Å². The van der Waals surface area contributed by atoms with Crippen LogP contribution in [-0.4, -0.2) is 37.9 Å². The minimum atomic E-state index is -2.37. The van der Waals surface area contributed by atoms with Crippen LogP contribution in [0.5, 0.6) is 0 Å². The van der Waals surface area contributed by atoms with Crippen molar-refractivity contribution in [2.75, 3.05) is 13.2 Å². The van der Waals surface area contributed by atoms with E-state index in [2.05, 4.69) is 110 Å². The largest absolute Gasteiger partial charge is 0.392 e. The molecular formula is C24H36O2Si3. The quantitative estimate of drug-likeness (QED) is 0.484. The molecule has 2 aromatic carbocycles. The molecule has 0 spiro atoms. The Kier molecular flexibility index (Phi) is 8.60. The Morgan fingerprint density at radius 2 is 1.03 bits per heavy atom. The van der Waals surface area contributed by atoms with Crippen molar-refractivity contribution in [1.82, 2.24) is 0 Å². The van der Waals surface area contributed by atoms with Crippen molar-refractivity contribution in [2.24, 2.45) is 0 Å². The zero-order valence-electron chi connectivity index (χ0n) is 18.8. The number of hydrogen-bond acceptors (Lipinski definition) is 2. The number of hydrogen-bond donors (Lipinski definition) is 0. The van der Waals surface area contributed by atoms with E-state index in [1.54, 1.807) is 0 Å².